The summed E-state index contributed by atoms with van der Waals surface area (Å²) in [5.74, 6) is -0.973. The Kier molecular flexibility index (Phi) is 5.98. The minimum Gasteiger partial charge on any atom is -0.493 e. The largest absolute Gasteiger partial charge is 0.493 e. The maximum absolute atomic E-state index is 12.9. The number of amides is 2. The maximum atomic E-state index is 12.9. The molecule has 0 aromatic heterocycles. The molecule has 0 N–H and O–H groups in total. The Hall–Kier alpha value is -3.47. The average molecular weight is 448 g/mol. The van der Waals surface area contributed by atoms with Crippen molar-refractivity contribution in [1.29, 1.82) is 0 Å². The van der Waals surface area contributed by atoms with E-state index in [1.807, 2.05) is 0 Å². The Morgan fingerprint density at radius 2 is 1.84 bits per heavy atom. The van der Waals surface area contributed by atoms with Gasteiger partial charge in [-0.1, -0.05) is 12.1 Å². The van der Waals surface area contributed by atoms with Gasteiger partial charge in [0, 0.05) is 12.3 Å². The van der Waals surface area contributed by atoms with Gasteiger partial charge in [-0.05, 0) is 30.7 Å². The first-order chi connectivity index (χ1) is 14.6. The Bertz CT molecular complexity index is 1180. The molecule has 2 amide bonds. The van der Waals surface area contributed by atoms with Gasteiger partial charge in [-0.15, -0.1) is 0 Å². The first-order valence-electron chi connectivity index (χ1n) is 9.23. The summed E-state index contributed by atoms with van der Waals surface area (Å²) in [4.78, 5) is 36.9. The van der Waals surface area contributed by atoms with E-state index in [9.17, 15) is 28.1 Å². The lowest BCUT2D eigenvalue weighted by atomic mass is 10.1. The third-order valence-electron chi connectivity index (χ3n) is 4.90. The van der Waals surface area contributed by atoms with Crippen LogP contribution in [0.1, 0.15) is 38.5 Å². The lowest BCUT2D eigenvalue weighted by molar-refractivity contribution is -0.385. The van der Waals surface area contributed by atoms with Crippen molar-refractivity contribution in [1.82, 2.24) is 4.90 Å². The summed E-state index contributed by atoms with van der Waals surface area (Å²) in [5, 5.41) is 10.0. The molecule has 0 saturated heterocycles. The van der Waals surface area contributed by atoms with Crippen molar-refractivity contribution in [2.75, 3.05) is 26.5 Å². The molecule has 0 saturated carbocycles. The molecule has 1 aliphatic rings. The fraction of sp³-hybridized carbons (Fsp3) is 0.300. The highest BCUT2D eigenvalue weighted by atomic mass is 32.2. The molecule has 1 aliphatic heterocycles. The van der Waals surface area contributed by atoms with Crippen LogP contribution in [0.3, 0.4) is 0 Å². The van der Waals surface area contributed by atoms with E-state index >= 15 is 0 Å². The normalized spacial score (nSPS) is 14.4. The number of imide groups is 1. The number of nitrogens with zero attached hydrogens (tertiary/aromatic N) is 2. The molecule has 1 heterocycles. The molecule has 0 radical (unpaired) electrons. The van der Waals surface area contributed by atoms with Gasteiger partial charge in [0.2, 0.25) is 0 Å². The molecule has 0 aliphatic carbocycles. The van der Waals surface area contributed by atoms with Crippen LogP contribution in [-0.4, -0.2) is 56.6 Å². The van der Waals surface area contributed by atoms with E-state index in [0.29, 0.717) is 18.1 Å². The minimum atomic E-state index is -3.79. The van der Waals surface area contributed by atoms with E-state index in [0.717, 1.165) is 17.2 Å². The van der Waals surface area contributed by atoms with E-state index in [1.54, 1.807) is 6.92 Å². The van der Waals surface area contributed by atoms with Crippen molar-refractivity contribution in [3.8, 4) is 11.5 Å². The van der Waals surface area contributed by atoms with Gasteiger partial charge in [-0.2, -0.15) is 0 Å². The second-order valence-electron chi connectivity index (χ2n) is 6.84. The van der Waals surface area contributed by atoms with E-state index in [2.05, 4.69) is 0 Å². The number of nitro groups is 1. The van der Waals surface area contributed by atoms with Gasteiger partial charge >= 0.3 is 0 Å². The molecule has 31 heavy (non-hydrogen) atoms. The van der Waals surface area contributed by atoms with Gasteiger partial charge in [0.15, 0.2) is 21.3 Å². The lowest BCUT2D eigenvalue weighted by Crippen LogP contribution is -2.36. The molecule has 0 fully saturated rings. The highest BCUT2D eigenvalue weighted by Crippen LogP contribution is 2.36. The van der Waals surface area contributed by atoms with Crippen molar-refractivity contribution < 1.29 is 32.4 Å². The quantitative estimate of drug-likeness (QED) is 0.341. The van der Waals surface area contributed by atoms with E-state index in [4.69, 9.17) is 9.47 Å². The van der Waals surface area contributed by atoms with Crippen molar-refractivity contribution in [2.45, 2.75) is 12.2 Å². The van der Waals surface area contributed by atoms with Crippen LogP contribution >= 0.6 is 0 Å². The monoisotopic (exact) mass is 448 g/mol. The van der Waals surface area contributed by atoms with Gasteiger partial charge < -0.3 is 9.47 Å². The smallest absolute Gasteiger partial charge is 0.282 e. The first kappa shape index (κ1) is 22.2. The number of sulfone groups is 1. The summed E-state index contributed by atoms with van der Waals surface area (Å²) >= 11 is 0. The molecule has 10 nitrogen and oxygen atoms in total. The highest BCUT2D eigenvalue weighted by Gasteiger charge is 2.43. The van der Waals surface area contributed by atoms with Crippen molar-refractivity contribution in [3.05, 3.63) is 63.2 Å². The molecular weight excluding hydrogens is 428 g/mol. The standard InChI is InChI=1S/C20H20N2O8S/c1-4-30-16-10-12(8-9-15(16)29-2)17(31(3,27)28)11-21-19(23)13-6-5-7-14(22(25)26)18(13)20(21)24/h5-10,17H,4,11H2,1-3H3. The molecule has 164 valence electrons. The number of nitro benzene ring substituents is 1. The number of hydrogen-bond acceptors (Lipinski definition) is 8. The summed E-state index contributed by atoms with van der Waals surface area (Å²) in [7, 11) is -2.35. The van der Waals surface area contributed by atoms with Crippen LogP contribution in [0.4, 0.5) is 5.69 Å². The SMILES string of the molecule is CCOc1cc(C(CN2C(=O)c3cccc([N+](=O)[O-])c3C2=O)S(C)(=O)=O)ccc1OC. The van der Waals surface area contributed by atoms with E-state index < -0.39 is 44.1 Å². The van der Waals surface area contributed by atoms with Gasteiger partial charge in [0.05, 0.1) is 30.7 Å². The van der Waals surface area contributed by atoms with Crippen LogP contribution in [0.25, 0.3) is 0 Å². The summed E-state index contributed by atoms with van der Waals surface area (Å²) in [5.41, 5.74) is -0.680. The third-order valence-corrected chi connectivity index (χ3v) is 6.35. The molecule has 0 bridgehead atoms. The summed E-state index contributed by atoms with van der Waals surface area (Å²) in [6, 6.07) is 8.25. The number of carbonyl (C=O) groups is 2. The summed E-state index contributed by atoms with van der Waals surface area (Å²) in [6.07, 6.45) is 0.989. The number of hydrogen-bond donors (Lipinski definition) is 0. The Morgan fingerprint density at radius 3 is 2.42 bits per heavy atom. The molecule has 2 aromatic rings. The minimum absolute atomic E-state index is 0.129. The maximum Gasteiger partial charge on any atom is 0.282 e. The second-order valence-corrected chi connectivity index (χ2v) is 9.07. The fourth-order valence-corrected chi connectivity index (χ4v) is 4.51. The number of rotatable bonds is 8. The zero-order valence-electron chi connectivity index (χ0n) is 17.0. The van der Waals surface area contributed by atoms with Crippen LogP contribution in [0.2, 0.25) is 0 Å². The van der Waals surface area contributed by atoms with Crippen LogP contribution in [0, 0.1) is 10.1 Å². The van der Waals surface area contributed by atoms with Crippen LogP contribution < -0.4 is 9.47 Å². The molecule has 3 rings (SSSR count). The lowest BCUT2D eigenvalue weighted by Gasteiger charge is -2.22. The van der Waals surface area contributed by atoms with Crippen LogP contribution in [0.5, 0.6) is 11.5 Å². The highest BCUT2D eigenvalue weighted by molar-refractivity contribution is 7.91. The van der Waals surface area contributed by atoms with Crippen molar-refractivity contribution in [2.24, 2.45) is 0 Å². The van der Waals surface area contributed by atoms with Crippen molar-refractivity contribution in [3.63, 3.8) is 0 Å². The van der Waals surface area contributed by atoms with Gasteiger partial charge in [-0.3, -0.25) is 24.6 Å². The molecule has 11 heteroatoms. The summed E-state index contributed by atoms with van der Waals surface area (Å²) < 4.78 is 35.9. The predicted molar refractivity (Wildman–Crippen MR) is 110 cm³/mol. The fourth-order valence-electron chi connectivity index (χ4n) is 3.45. The Balaban J connectivity index is 2.03. The number of ether oxygens (including phenoxy) is 2. The number of methoxy groups -OCH3 is 1. The Labute approximate surface area is 178 Å². The Morgan fingerprint density at radius 1 is 1.13 bits per heavy atom. The zero-order valence-corrected chi connectivity index (χ0v) is 17.8. The number of benzene rings is 2. The molecule has 1 unspecified atom stereocenters. The molecular formula is C20H20N2O8S. The second kappa shape index (κ2) is 8.34. The summed E-state index contributed by atoms with van der Waals surface area (Å²) in [6.45, 7) is 1.57. The first-order valence-corrected chi connectivity index (χ1v) is 11.2. The van der Waals surface area contributed by atoms with Gasteiger partial charge in [-0.25, -0.2) is 8.42 Å². The zero-order chi connectivity index (χ0) is 22.9. The average Bonchev–Trinajstić information content (AvgIpc) is 2.95. The van der Waals surface area contributed by atoms with Crippen LogP contribution in [-0.2, 0) is 9.84 Å². The van der Waals surface area contributed by atoms with Crippen molar-refractivity contribution >= 4 is 27.3 Å². The molecule has 1 atom stereocenters. The molecule has 2 aromatic carbocycles. The van der Waals surface area contributed by atoms with Gasteiger partial charge in [0.1, 0.15) is 10.8 Å². The number of fused-ring (bicyclic) bond motifs is 1. The topological polar surface area (TPSA) is 133 Å². The third kappa shape index (κ3) is 4.08. The van der Waals surface area contributed by atoms with Gasteiger partial charge in [0.25, 0.3) is 17.5 Å². The van der Waals surface area contributed by atoms with E-state index in [1.165, 1.54) is 37.4 Å². The molecule has 0 spiro atoms. The number of carbonyl (C=O) groups excluding carboxylic acids is 2. The van der Waals surface area contributed by atoms with Crippen LogP contribution in [0.15, 0.2) is 36.4 Å². The van der Waals surface area contributed by atoms with E-state index in [-0.39, 0.29) is 16.7 Å². The predicted octanol–water partition coefficient (Wildman–Crippen LogP) is 2.38.